The maximum absolute atomic E-state index is 13.7. The van der Waals surface area contributed by atoms with Crippen LogP contribution in [0, 0.1) is 11.2 Å². The monoisotopic (exact) mass is 488 g/mol. The Hall–Kier alpha value is -2.61. The number of nitrogens with zero attached hydrogens (tertiary/aromatic N) is 2. The molecule has 2 aromatic rings. The van der Waals surface area contributed by atoms with E-state index >= 15 is 0 Å². The van der Waals surface area contributed by atoms with Crippen molar-refractivity contribution >= 4 is 5.91 Å². The molecular weight excluding hydrogens is 460 g/mol. The summed E-state index contributed by atoms with van der Waals surface area (Å²) in [6.07, 6.45) is 0.245. The molecule has 0 radical (unpaired) electrons. The number of benzene rings is 2. The minimum absolute atomic E-state index is 0.0749. The third-order valence-electron chi connectivity index (χ3n) is 8.11. The van der Waals surface area contributed by atoms with Gasteiger partial charge in [0.25, 0.3) is 5.91 Å². The van der Waals surface area contributed by atoms with E-state index in [0.717, 1.165) is 38.6 Å². The average Bonchev–Trinajstić information content (AvgIpc) is 3.44. The molecule has 1 spiro atoms. The molecule has 6 rings (SSSR count). The summed E-state index contributed by atoms with van der Waals surface area (Å²) in [5, 5.41) is 0. The minimum Gasteiger partial charge on any atom is -0.489 e. The Morgan fingerprint density at radius 3 is 2.49 bits per heavy atom. The first-order valence-electron chi connectivity index (χ1n) is 12.4. The van der Waals surface area contributed by atoms with Crippen LogP contribution in [0.2, 0.25) is 0 Å². The van der Waals surface area contributed by atoms with Gasteiger partial charge in [-0.15, -0.1) is 0 Å². The summed E-state index contributed by atoms with van der Waals surface area (Å²) in [4.78, 5) is 17.2. The molecule has 2 aliphatic carbocycles. The van der Waals surface area contributed by atoms with E-state index in [4.69, 9.17) is 4.74 Å². The maximum Gasteiger partial charge on any atom is 0.416 e. The third-order valence-corrected chi connectivity index (χ3v) is 8.11. The van der Waals surface area contributed by atoms with Crippen molar-refractivity contribution in [1.82, 2.24) is 9.80 Å². The molecule has 186 valence electrons. The lowest BCUT2D eigenvalue weighted by Crippen LogP contribution is -2.67. The van der Waals surface area contributed by atoms with Crippen molar-refractivity contribution in [3.63, 3.8) is 0 Å². The van der Waals surface area contributed by atoms with Crippen molar-refractivity contribution in [3.05, 3.63) is 65.0 Å². The maximum atomic E-state index is 13.7. The Bertz CT molecular complexity index is 1130. The van der Waals surface area contributed by atoms with Crippen LogP contribution >= 0.6 is 0 Å². The Morgan fingerprint density at radius 1 is 1.03 bits per heavy atom. The average molecular weight is 489 g/mol. The molecule has 0 aromatic heterocycles. The fourth-order valence-corrected chi connectivity index (χ4v) is 6.15. The van der Waals surface area contributed by atoms with Crippen LogP contribution in [0.4, 0.5) is 17.6 Å². The van der Waals surface area contributed by atoms with E-state index in [1.807, 2.05) is 0 Å². The molecule has 1 unspecified atom stereocenters. The van der Waals surface area contributed by atoms with Crippen molar-refractivity contribution in [3.8, 4) is 5.75 Å². The van der Waals surface area contributed by atoms with Gasteiger partial charge >= 0.3 is 6.18 Å². The van der Waals surface area contributed by atoms with E-state index in [1.54, 1.807) is 17.0 Å². The van der Waals surface area contributed by atoms with Gasteiger partial charge in [0, 0.05) is 37.2 Å². The number of ether oxygens (including phenoxy) is 1. The largest absolute Gasteiger partial charge is 0.489 e. The minimum atomic E-state index is -4.33. The number of hydrogen-bond acceptors (Lipinski definition) is 3. The summed E-state index contributed by atoms with van der Waals surface area (Å²) >= 11 is 0. The highest BCUT2D eigenvalue weighted by atomic mass is 19.4. The van der Waals surface area contributed by atoms with Gasteiger partial charge in [-0.1, -0.05) is 18.2 Å². The quantitative estimate of drug-likeness (QED) is 0.523. The number of halogens is 4. The van der Waals surface area contributed by atoms with Crippen LogP contribution in [0.25, 0.3) is 0 Å². The molecule has 35 heavy (non-hydrogen) atoms. The van der Waals surface area contributed by atoms with E-state index < -0.39 is 17.6 Å². The van der Waals surface area contributed by atoms with Crippen LogP contribution in [0.15, 0.2) is 42.5 Å². The van der Waals surface area contributed by atoms with E-state index in [1.165, 1.54) is 30.3 Å². The molecule has 8 heteroatoms. The highest BCUT2D eigenvalue weighted by Gasteiger charge is 2.55. The molecule has 2 saturated carbocycles. The van der Waals surface area contributed by atoms with E-state index in [2.05, 4.69) is 4.90 Å². The second-order valence-electron chi connectivity index (χ2n) is 10.7. The summed E-state index contributed by atoms with van der Waals surface area (Å²) in [6, 6.07) is 10.4. The normalized spacial score (nSPS) is 24.3. The molecule has 4 nitrogen and oxygen atoms in total. The zero-order valence-electron chi connectivity index (χ0n) is 19.4. The number of hydrogen-bond donors (Lipinski definition) is 0. The predicted molar refractivity (Wildman–Crippen MR) is 122 cm³/mol. The number of carbonyl (C=O) groups is 1. The summed E-state index contributed by atoms with van der Waals surface area (Å²) in [5.41, 5.74) is 0.394. The standard InChI is InChI=1S/C27H28F4N2O2/c28-18-5-8-22(24(11-18)35-20-6-7-20)25(34)33-15-26(16-33)12-19(13-26)32-10-9-17(14-32)21-3-1-2-4-23(21)27(29,30)31/h1-5,8,11,17,19-20H,6-7,9-10,12-16H2. The number of amides is 1. The molecule has 2 aliphatic heterocycles. The topological polar surface area (TPSA) is 32.8 Å². The molecule has 2 aromatic carbocycles. The highest BCUT2D eigenvalue weighted by Crippen LogP contribution is 2.52. The van der Waals surface area contributed by atoms with Crippen molar-refractivity contribution in [1.29, 1.82) is 0 Å². The molecule has 2 heterocycles. The van der Waals surface area contributed by atoms with Crippen molar-refractivity contribution in [2.75, 3.05) is 26.2 Å². The summed E-state index contributed by atoms with van der Waals surface area (Å²) in [7, 11) is 0. The molecule has 1 amide bonds. The van der Waals surface area contributed by atoms with Gasteiger partial charge in [-0.3, -0.25) is 9.69 Å². The third kappa shape index (κ3) is 4.30. The zero-order chi connectivity index (χ0) is 24.4. The van der Waals surface area contributed by atoms with Gasteiger partial charge in [-0.25, -0.2) is 4.39 Å². The SMILES string of the molecule is O=C(c1ccc(F)cc1OC1CC1)N1CC2(CC(N3CCC(c4ccccc4C(F)(F)F)C3)C2)C1. The first-order chi connectivity index (χ1) is 16.7. The van der Waals surface area contributed by atoms with Gasteiger partial charge in [-0.05, 0) is 68.3 Å². The second-order valence-corrected chi connectivity index (χ2v) is 10.7. The van der Waals surface area contributed by atoms with Crippen LogP contribution in [0.1, 0.15) is 59.5 Å². The molecular formula is C27H28F4N2O2. The van der Waals surface area contributed by atoms with Crippen molar-refractivity contribution in [2.24, 2.45) is 5.41 Å². The molecule has 4 fully saturated rings. The first kappa shape index (κ1) is 22.8. The van der Waals surface area contributed by atoms with Gasteiger partial charge in [0.15, 0.2) is 0 Å². The Kier molecular flexibility index (Phi) is 5.36. The predicted octanol–water partition coefficient (Wildman–Crippen LogP) is 5.48. The van der Waals surface area contributed by atoms with E-state index in [9.17, 15) is 22.4 Å². The fraction of sp³-hybridized carbons (Fsp3) is 0.519. The van der Waals surface area contributed by atoms with Crippen molar-refractivity contribution < 1.29 is 27.1 Å². The molecule has 4 aliphatic rings. The van der Waals surface area contributed by atoms with Crippen molar-refractivity contribution in [2.45, 2.75) is 56.3 Å². The highest BCUT2D eigenvalue weighted by molar-refractivity contribution is 5.97. The van der Waals surface area contributed by atoms with Gasteiger partial charge in [-0.2, -0.15) is 13.2 Å². The van der Waals surface area contributed by atoms with Gasteiger partial charge < -0.3 is 9.64 Å². The summed E-state index contributed by atoms with van der Waals surface area (Å²) < 4.78 is 59.8. The lowest BCUT2D eigenvalue weighted by Gasteiger charge is -2.60. The number of carbonyl (C=O) groups excluding carboxylic acids is 1. The van der Waals surface area contributed by atoms with Crippen LogP contribution in [0.5, 0.6) is 5.75 Å². The summed E-state index contributed by atoms with van der Waals surface area (Å²) in [6.45, 7) is 2.78. The number of alkyl halides is 3. The Balaban J connectivity index is 1.05. The van der Waals surface area contributed by atoms with Crippen LogP contribution < -0.4 is 4.74 Å². The Labute approximate surface area is 201 Å². The van der Waals surface area contributed by atoms with E-state index in [-0.39, 0.29) is 23.3 Å². The fourth-order valence-electron chi connectivity index (χ4n) is 6.15. The number of likely N-dealkylation sites (tertiary alicyclic amines) is 2. The lowest BCUT2D eigenvalue weighted by molar-refractivity contribution is -0.138. The first-order valence-corrected chi connectivity index (χ1v) is 12.4. The molecule has 0 N–H and O–H groups in total. The summed E-state index contributed by atoms with van der Waals surface area (Å²) in [5.74, 6) is -0.319. The molecule has 2 saturated heterocycles. The second kappa shape index (κ2) is 8.22. The van der Waals surface area contributed by atoms with Crippen LogP contribution in [-0.2, 0) is 6.18 Å². The van der Waals surface area contributed by atoms with Gasteiger partial charge in [0.2, 0.25) is 0 Å². The number of rotatable bonds is 5. The van der Waals surface area contributed by atoms with Gasteiger partial charge in [0.1, 0.15) is 11.6 Å². The van der Waals surface area contributed by atoms with Gasteiger partial charge in [0.05, 0.1) is 17.2 Å². The zero-order valence-corrected chi connectivity index (χ0v) is 19.4. The van der Waals surface area contributed by atoms with Crippen LogP contribution in [0.3, 0.4) is 0 Å². The van der Waals surface area contributed by atoms with E-state index in [0.29, 0.717) is 42.6 Å². The molecule has 0 bridgehead atoms. The smallest absolute Gasteiger partial charge is 0.416 e. The molecule has 1 atom stereocenters. The lowest BCUT2D eigenvalue weighted by atomic mass is 9.60. The Morgan fingerprint density at radius 2 is 1.77 bits per heavy atom. The van der Waals surface area contributed by atoms with Crippen LogP contribution in [-0.4, -0.2) is 54.0 Å².